The van der Waals surface area contributed by atoms with Gasteiger partial charge in [-0.2, -0.15) is 5.10 Å². The van der Waals surface area contributed by atoms with Gasteiger partial charge in [-0.15, -0.1) is 0 Å². The van der Waals surface area contributed by atoms with Gasteiger partial charge in [-0.1, -0.05) is 48.5 Å². The smallest absolute Gasteiger partial charge is 0.340 e. The normalized spacial score (nSPS) is 13.6. The monoisotopic (exact) mass is 495 g/mol. The molecule has 186 valence electrons. The minimum Gasteiger partial charge on any atom is -0.497 e. The standard InChI is InChI=1S/C28H25N5O4/c1-30(19-31-26(34)27(35)33(28(31)36)23-13-15-24(37-2)16-14-23)17-21-18-32(22-11-7-4-8-12-22)29-25(21)20-9-5-3-6-10-20/h3-16,18H,17,19H2,1-2H3. The first-order valence-electron chi connectivity index (χ1n) is 11.7. The molecule has 0 bridgehead atoms. The van der Waals surface area contributed by atoms with E-state index in [1.54, 1.807) is 36.2 Å². The SMILES string of the molecule is COc1ccc(N2C(=O)C(=O)N(CN(C)Cc3cn(-c4ccccc4)nc3-c3ccccc3)C2=O)cc1. The van der Waals surface area contributed by atoms with Gasteiger partial charge in [-0.05, 0) is 43.4 Å². The number of urea groups is 1. The summed E-state index contributed by atoms with van der Waals surface area (Å²) in [5.41, 5.74) is 3.89. The fourth-order valence-electron chi connectivity index (χ4n) is 4.25. The molecule has 1 aliphatic rings. The first-order chi connectivity index (χ1) is 18.0. The molecule has 37 heavy (non-hydrogen) atoms. The number of para-hydroxylation sites is 1. The van der Waals surface area contributed by atoms with Gasteiger partial charge >= 0.3 is 17.8 Å². The van der Waals surface area contributed by atoms with E-state index in [2.05, 4.69) is 0 Å². The summed E-state index contributed by atoms with van der Waals surface area (Å²) >= 11 is 0. The summed E-state index contributed by atoms with van der Waals surface area (Å²) < 4.78 is 6.94. The molecule has 1 aromatic heterocycles. The molecule has 1 aliphatic heterocycles. The lowest BCUT2D eigenvalue weighted by Gasteiger charge is -2.22. The van der Waals surface area contributed by atoms with Crippen molar-refractivity contribution in [3.63, 3.8) is 0 Å². The molecule has 9 nitrogen and oxygen atoms in total. The molecule has 2 heterocycles. The maximum atomic E-state index is 13.1. The summed E-state index contributed by atoms with van der Waals surface area (Å²) in [7, 11) is 3.31. The van der Waals surface area contributed by atoms with Crippen molar-refractivity contribution < 1.29 is 19.1 Å². The quantitative estimate of drug-likeness (QED) is 0.272. The minimum absolute atomic E-state index is 0.0548. The van der Waals surface area contributed by atoms with Crippen LogP contribution in [0, 0.1) is 0 Å². The van der Waals surface area contributed by atoms with Gasteiger partial charge in [0.2, 0.25) is 0 Å². The minimum atomic E-state index is -0.884. The van der Waals surface area contributed by atoms with Gasteiger partial charge in [0.05, 0.1) is 30.8 Å². The van der Waals surface area contributed by atoms with Crippen molar-refractivity contribution in [2.24, 2.45) is 0 Å². The fraction of sp³-hybridized carbons (Fsp3) is 0.143. The Labute approximate surface area is 214 Å². The first kappa shape index (κ1) is 24.0. The topological polar surface area (TPSA) is 88.0 Å². The average Bonchev–Trinajstić information content (AvgIpc) is 3.44. The molecule has 3 aromatic carbocycles. The fourth-order valence-corrected chi connectivity index (χ4v) is 4.25. The summed E-state index contributed by atoms with van der Waals surface area (Å²) in [5.74, 6) is -1.17. The summed E-state index contributed by atoms with van der Waals surface area (Å²) in [6.45, 7) is 0.339. The highest BCUT2D eigenvalue weighted by atomic mass is 16.5. The molecule has 0 atom stereocenters. The molecule has 9 heteroatoms. The van der Waals surface area contributed by atoms with Gasteiger partial charge in [-0.25, -0.2) is 19.3 Å². The Balaban J connectivity index is 1.37. The number of anilines is 1. The van der Waals surface area contributed by atoms with E-state index in [9.17, 15) is 14.4 Å². The molecular weight excluding hydrogens is 470 g/mol. The number of benzene rings is 3. The van der Waals surface area contributed by atoms with E-state index in [1.165, 1.54) is 7.11 Å². The summed E-state index contributed by atoms with van der Waals surface area (Å²) in [6.07, 6.45) is 1.94. The van der Waals surface area contributed by atoms with Crippen LogP contribution in [0.25, 0.3) is 16.9 Å². The molecule has 4 aromatic rings. The van der Waals surface area contributed by atoms with E-state index in [1.807, 2.05) is 71.5 Å². The summed E-state index contributed by atoms with van der Waals surface area (Å²) in [5, 5.41) is 4.81. The predicted molar refractivity (Wildman–Crippen MR) is 138 cm³/mol. The number of carbonyl (C=O) groups is 3. The molecule has 4 amide bonds. The Bertz CT molecular complexity index is 1430. The highest BCUT2D eigenvalue weighted by Crippen LogP contribution is 2.27. The maximum absolute atomic E-state index is 13.1. The van der Waals surface area contributed by atoms with Gasteiger partial charge in [0.15, 0.2) is 0 Å². The maximum Gasteiger partial charge on any atom is 0.340 e. The molecule has 0 radical (unpaired) electrons. The molecule has 0 saturated carbocycles. The van der Waals surface area contributed by atoms with Crippen LogP contribution in [0.5, 0.6) is 5.75 Å². The molecule has 1 fully saturated rings. The van der Waals surface area contributed by atoms with Crippen LogP contribution in [0.3, 0.4) is 0 Å². The lowest BCUT2D eigenvalue weighted by atomic mass is 10.1. The van der Waals surface area contributed by atoms with Gasteiger partial charge < -0.3 is 4.74 Å². The number of aromatic nitrogens is 2. The number of nitrogens with zero attached hydrogens (tertiary/aromatic N) is 5. The zero-order valence-corrected chi connectivity index (χ0v) is 20.4. The largest absolute Gasteiger partial charge is 0.497 e. The van der Waals surface area contributed by atoms with Gasteiger partial charge in [-0.3, -0.25) is 14.5 Å². The van der Waals surface area contributed by atoms with Crippen molar-refractivity contribution in [2.45, 2.75) is 6.54 Å². The van der Waals surface area contributed by atoms with Crippen molar-refractivity contribution in [1.82, 2.24) is 19.6 Å². The molecule has 5 rings (SSSR count). The highest BCUT2D eigenvalue weighted by Gasteiger charge is 2.45. The second-order valence-electron chi connectivity index (χ2n) is 8.66. The van der Waals surface area contributed by atoms with E-state index in [4.69, 9.17) is 9.84 Å². The lowest BCUT2D eigenvalue weighted by molar-refractivity contribution is -0.140. The number of carbonyl (C=O) groups excluding carboxylic acids is 3. The molecule has 0 unspecified atom stereocenters. The van der Waals surface area contributed by atoms with Crippen LogP contribution in [-0.4, -0.2) is 58.3 Å². The van der Waals surface area contributed by atoms with Crippen molar-refractivity contribution in [1.29, 1.82) is 0 Å². The number of hydrogen-bond donors (Lipinski definition) is 0. The van der Waals surface area contributed by atoms with E-state index < -0.39 is 17.8 Å². The molecule has 1 saturated heterocycles. The van der Waals surface area contributed by atoms with Gasteiger partial charge in [0, 0.05) is 23.9 Å². The lowest BCUT2D eigenvalue weighted by Crippen LogP contribution is -2.40. The van der Waals surface area contributed by atoms with E-state index in [0.717, 1.165) is 32.3 Å². The van der Waals surface area contributed by atoms with Crippen molar-refractivity contribution in [2.75, 3.05) is 25.7 Å². The number of imide groups is 2. The van der Waals surface area contributed by atoms with Crippen LogP contribution in [0.15, 0.2) is 91.1 Å². The third-order valence-corrected chi connectivity index (χ3v) is 6.07. The predicted octanol–water partition coefficient (Wildman–Crippen LogP) is 3.93. The Morgan fingerprint density at radius 1 is 0.811 bits per heavy atom. The molecular formula is C28H25N5O4. The van der Waals surface area contributed by atoms with Crippen LogP contribution in [0.1, 0.15) is 5.56 Å². The van der Waals surface area contributed by atoms with Gasteiger partial charge in [0.25, 0.3) is 0 Å². The average molecular weight is 496 g/mol. The van der Waals surface area contributed by atoms with Crippen molar-refractivity contribution in [3.05, 3.63) is 96.7 Å². The number of ether oxygens (including phenoxy) is 1. The van der Waals surface area contributed by atoms with Crippen LogP contribution >= 0.6 is 0 Å². The Morgan fingerprint density at radius 3 is 2.11 bits per heavy atom. The Hall–Kier alpha value is -4.76. The van der Waals surface area contributed by atoms with E-state index in [-0.39, 0.29) is 6.67 Å². The Kier molecular flexibility index (Phi) is 6.53. The molecule has 0 N–H and O–H groups in total. The number of rotatable bonds is 8. The van der Waals surface area contributed by atoms with Gasteiger partial charge in [0.1, 0.15) is 5.75 Å². The Morgan fingerprint density at radius 2 is 1.46 bits per heavy atom. The second kappa shape index (κ2) is 10.1. The second-order valence-corrected chi connectivity index (χ2v) is 8.66. The molecule has 0 aliphatic carbocycles. The van der Waals surface area contributed by atoms with E-state index in [0.29, 0.717) is 18.0 Å². The number of methoxy groups -OCH3 is 1. The third kappa shape index (κ3) is 4.72. The zero-order chi connectivity index (χ0) is 25.9. The first-order valence-corrected chi connectivity index (χ1v) is 11.7. The zero-order valence-electron chi connectivity index (χ0n) is 20.4. The van der Waals surface area contributed by atoms with Crippen LogP contribution in [0.4, 0.5) is 10.5 Å². The van der Waals surface area contributed by atoms with E-state index >= 15 is 0 Å². The van der Waals surface area contributed by atoms with Crippen molar-refractivity contribution >= 4 is 23.5 Å². The number of hydrogen-bond acceptors (Lipinski definition) is 6. The summed E-state index contributed by atoms with van der Waals surface area (Å²) in [4.78, 5) is 42.1. The van der Waals surface area contributed by atoms with Crippen LogP contribution < -0.4 is 9.64 Å². The summed E-state index contributed by atoms with van der Waals surface area (Å²) in [6, 6.07) is 25.3. The number of amides is 4. The van der Waals surface area contributed by atoms with Crippen molar-refractivity contribution in [3.8, 4) is 22.7 Å². The van der Waals surface area contributed by atoms with Crippen LogP contribution in [-0.2, 0) is 16.1 Å². The third-order valence-electron chi connectivity index (χ3n) is 6.07. The molecule has 0 spiro atoms. The van der Waals surface area contributed by atoms with Crippen LogP contribution in [0.2, 0.25) is 0 Å². The highest BCUT2D eigenvalue weighted by molar-refractivity contribution is 6.52.